The third-order valence-corrected chi connectivity index (χ3v) is 3.24. The lowest BCUT2D eigenvalue weighted by molar-refractivity contribution is -0.0501. The number of benzene rings is 2. The SMILES string of the molecule is Nc1ccc(C(=O)c2ccccc2OC(F)F)c(Br)c1. The molecule has 0 aliphatic heterocycles. The summed E-state index contributed by atoms with van der Waals surface area (Å²) >= 11 is 3.23. The van der Waals surface area contributed by atoms with E-state index in [1.54, 1.807) is 18.2 Å². The van der Waals surface area contributed by atoms with Crippen molar-refractivity contribution in [1.29, 1.82) is 0 Å². The molecule has 6 heteroatoms. The molecule has 0 fully saturated rings. The molecule has 2 rings (SSSR count). The van der Waals surface area contributed by atoms with E-state index >= 15 is 0 Å². The molecule has 0 saturated heterocycles. The molecule has 0 aliphatic rings. The van der Waals surface area contributed by atoms with Crippen molar-refractivity contribution in [1.82, 2.24) is 0 Å². The summed E-state index contributed by atoms with van der Waals surface area (Å²) in [6, 6.07) is 10.5. The molecule has 0 saturated carbocycles. The molecule has 0 radical (unpaired) electrons. The van der Waals surface area contributed by atoms with Gasteiger partial charge in [-0.3, -0.25) is 4.79 Å². The van der Waals surface area contributed by atoms with E-state index in [2.05, 4.69) is 20.7 Å². The number of rotatable bonds is 4. The monoisotopic (exact) mass is 341 g/mol. The van der Waals surface area contributed by atoms with Gasteiger partial charge in [0.05, 0.1) is 5.56 Å². The number of ketones is 1. The zero-order chi connectivity index (χ0) is 14.7. The maximum atomic E-state index is 12.4. The molecular formula is C14H10BrF2NO2. The summed E-state index contributed by atoms with van der Waals surface area (Å²) in [5.74, 6) is -0.579. The van der Waals surface area contributed by atoms with Gasteiger partial charge in [-0.1, -0.05) is 12.1 Å². The summed E-state index contributed by atoms with van der Waals surface area (Å²) in [6.45, 7) is -2.99. The number of halogens is 3. The van der Waals surface area contributed by atoms with Crippen molar-refractivity contribution < 1.29 is 18.3 Å². The summed E-state index contributed by atoms with van der Waals surface area (Å²) in [5.41, 5.74) is 6.48. The zero-order valence-electron chi connectivity index (χ0n) is 10.1. The van der Waals surface area contributed by atoms with Gasteiger partial charge >= 0.3 is 6.61 Å². The molecule has 0 atom stereocenters. The van der Waals surface area contributed by atoms with E-state index in [1.165, 1.54) is 24.3 Å². The molecule has 0 amide bonds. The van der Waals surface area contributed by atoms with E-state index in [9.17, 15) is 13.6 Å². The molecule has 0 aliphatic carbocycles. The average molecular weight is 342 g/mol. The van der Waals surface area contributed by atoms with E-state index in [1.807, 2.05) is 0 Å². The van der Waals surface area contributed by atoms with Crippen molar-refractivity contribution >= 4 is 27.4 Å². The Balaban J connectivity index is 2.43. The van der Waals surface area contributed by atoms with Gasteiger partial charge in [-0.15, -0.1) is 0 Å². The second-order valence-corrected chi connectivity index (χ2v) is 4.80. The maximum Gasteiger partial charge on any atom is 0.387 e. The Morgan fingerprint density at radius 3 is 2.50 bits per heavy atom. The van der Waals surface area contributed by atoms with Crippen LogP contribution in [0, 0.1) is 0 Å². The van der Waals surface area contributed by atoms with E-state index in [4.69, 9.17) is 5.73 Å². The fraction of sp³-hybridized carbons (Fsp3) is 0.0714. The van der Waals surface area contributed by atoms with Gasteiger partial charge in [0.1, 0.15) is 5.75 Å². The average Bonchev–Trinajstić information content (AvgIpc) is 2.38. The molecule has 20 heavy (non-hydrogen) atoms. The highest BCUT2D eigenvalue weighted by molar-refractivity contribution is 9.10. The van der Waals surface area contributed by atoms with Crippen LogP contribution in [-0.4, -0.2) is 12.4 Å². The van der Waals surface area contributed by atoms with Gasteiger partial charge in [0.25, 0.3) is 0 Å². The highest BCUT2D eigenvalue weighted by atomic mass is 79.9. The zero-order valence-corrected chi connectivity index (χ0v) is 11.7. The van der Waals surface area contributed by atoms with Crippen LogP contribution in [0.3, 0.4) is 0 Å². The van der Waals surface area contributed by atoms with Crippen LogP contribution in [0.25, 0.3) is 0 Å². The number of anilines is 1. The summed E-state index contributed by atoms with van der Waals surface area (Å²) in [6.07, 6.45) is 0. The standard InChI is InChI=1S/C14H10BrF2NO2/c15-11-7-8(18)5-6-9(11)13(19)10-3-1-2-4-12(10)20-14(16)17/h1-7,14H,18H2. The fourth-order valence-electron chi connectivity index (χ4n) is 1.71. The van der Waals surface area contributed by atoms with Gasteiger partial charge < -0.3 is 10.5 Å². The molecule has 104 valence electrons. The molecule has 0 aromatic heterocycles. The number of para-hydroxylation sites is 1. The van der Waals surface area contributed by atoms with Crippen LogP contribution >= 0.6 is 15.9 Å². The maximum absolute atomic E-state index is 12.4. The van der Waals surface area contributed by atoms with Crippen LogP contribution in [0.15, 0.2) is 46.9 Å². The van der Waals surface area contributed by atoms with E-state index in [-0.39, 0.29) is 11.3 Å². The van der Waals surface area contributed by atoms with Crippen molar-refractivity contribution in [3.8, 4) is 5.75 Å². The molecule has 2 aromatic rings. The second-order valence-electron chi connectivity index (χ2n) is 3.94. The number of alkyl halides is 2. The fourth-order valence-corrected chi connectivity index (χ4v) is 2.29. The third-order valence-electron chi connectivity index (χ3n) is 2.59. The van der Waals surface area contributed by atoms with Crippen molar-refractivity contribution in [2.45, 2.75) is 6.61 Å². The van der Waals surface area contributed by atoms with Crippen LogP contribution in [0.5, 0.6) is 5.75 Å². The topological polar surface area (TPSA) is 52.3 Å². The van der Waals surface area contributed by atoms with E-state index in [0.717, 1.165) is 0 Å². The van der Waals surface area contributed by atoms with Gasteiger partial charge in [-0.05, 0) is 46.3 Å². The molecule has 0 bridgehead atoms. The normalized spacial score (nSPS) is 10.6. The minimum atomic E-state index is -2.99. The number of carbonyl (C=O) groups excluding carboxylic acids is 1. The van der Waals surface area contributed by atoms with Gasteiger partial charge in [0, 0.05) is 15.7 Å². The third kappa shape index (κ3) is 3.14. The van der Waals surface area contributed by atoms with Crippen LogP contribution in [0.4, 0.5) is 14.5 Å². The number of hydrogen-bond donors (Lipinski definition) is 1. The van der Waals surface area contributed by atoms with Crippen LogP contribution in [0.1, 0.15) is 15.9 Å². The van der Waals surface area contributed by atoms with Crippen molar-refractivity contribution in [2.24, 2.45) is 0 Å². The van der Waals surface area contributed by atoms with Crippen LogP contribution in [0.2, 0.25) is 0 Å². The van der Waals surface area contributed by atoms with E-state index < -0.39 is 12.4 Å². The first-order valence-corrected chi connectivity index (χ1v) is 6.42. The molecule has 3 nitrogen and oxygen atoms in total. The second kappa shape index (κ2) is 6.00. The lowest BCUT2D eigenvalue weighted by Crippen LogP contribution is -2.09. The van der Waals surface area contributed by atoms with E-state index in [0.29, 0.717) is 15.7 Å². The van der Waals surface area contributed by atoms with Gasteiger partial charge in [0.15, 0.2) is 5.78 Å². The van der Waals surface area contributed by atoms with Crippen molar-refractivity contribution in [3.63, 3.8) is 0 Å². The van der Waals surface area contributed by atoms with Crippen LogP contribution in [-0.2, 0) is 0 Å². The Kier molecular flexibility index (Phi) is 4.34. The minimum Gasteiger partial charge on any atom is -0.434 e. The first-order valence-electron chi connectivity index (χ1n) is 5.62. The summed E-state index contributed by atoms with van der Waals surface area (Å²) in [5, 5.41) is 0. The van der Waals surface area contributed by atoms with Crippen molar-refractivity contribution in [2.75, 3.05) is 5.73 Å². The highest BCUT2D eigenvalue weighted by Crippen LogP contribution is 2.27. The first-order chi connectivity index (χ1) is 9.49. The predicted molar refractivity (Wildman–Crippen MR) is 75.1 cm³/mol. The van der Waals surface area contributed by atoms with Crippen molar-refractivity contribution in [3.05, 3.63) is 58.1 Å². The molecular weight excluding hydrogens is 332 g/mol. The summed E-state index contributed by atoms with van der Waals surface area (Å²) < 4.78 is 29.5. The minimum absolute atomic E-state index is 0.0678. The highest BCUT2D eigenvalue weighted by Gasteiger charge is 2.18. The number of carbonyl (C=O) groups is 1. The molecule has 2 aromatic carbocycles. The molecule has 0 spiro atoms. The Bertz CT molecular complexity index is 647. The van der Waals surface area contributed by atoms with Crippen LogP contribution < -0.4 is 10.5 Å². The Morgan fingerprint density at radius 2 is 1.85 bits per heavy atom. The number of hydrogen-bond acceptors (Lipinski definition) is 3. The summed E-state index contributed by atoms with van der Waals surface area (Å²) in [4.78, 5) is 12.4. The van der Waals surface area contributed by atoms with Gasteiger partial charge in [-0.2, -0.15) is 8.78 Å². The number of nitrogens with two attached hydrogens (primary N) is 1. The number of ether oxygens (including phenoxy) is 1. The molecule has 0 unspecified atom stereocenters. The first kappa shape index (κ1) is 14.5. The Labute approximate surface area is 122 Å². The Morgan fingerprint density at radius 1 is 1.15 bits per heavy atom. The molecule has 0 heterocycles. The summed E-state index contributed by atoms with van der Waals surface area (Å²) in [7, 11) is 0. The Hall–Kier alpha value is -1.95. The van der Waals surface area contributed by atoms with Gasteiger partial charge in [-0.25, -0.2) is 0 Å². The largest absolute Gasteiger partial charge is 0.434 e. The lowest BCUT2D eigenvalue weighted by Gasteiger charge is -2.10. The van der Waals surface area contributed by atoms with Gasteiger partial charge in [0.2, 0.25) is 0 Å². The smallest absolute Gasteiger partial charge is 0.387 e. The number of nitrogen functional groups attached to an aromatic ring is 1. The lowest BCUT2D eigenvalue weighted by atomic mass is 10.0. The quantitative estimate of drug-likeness (QED) is 0.678. The predicted octanol–water partition coefficient (Wildman–Crippen LogP) is 3.86. The molecule has 2 N–H and O–H groups in total.